The molecule has 0 aliphatic carbocycles. The predicted octanol–water partition coefficient (Wildman–Crippen LogP) is 5.35. The minimum Gasteiger partial charge on any atom is -0.461 e. The smallest absolute Gasteiger partial charge is 0.360 e. The number of benzene rings is 2. The second kappa shape index (κ2) is 7.88. The van der Waals surface area contributed by atoms with E-state index in [0.717, 1.165) is 11.1 Å². The van der Waals surface area contributed by atoms with Gasteiger partial charge in [-0.05, 0) is 61.7 Å². The zero-order valence-electron chi connectivity index (χ0n) is 15.3. The number of nitrogens with one attached hydrogen (secondary N) is 1. The maximum atomic E-state index is 13.4. The van der Waals surface area contributed by atoms with Crippen molar-refractivity contribution in [2.45, 2.75) is 27.2 Å². The molecular formula is C20H19ClFN3O2. The van der Waals surface area contributed by atoms with Gasteiger partial charge in [0.05, 0.1) is 22.7 Å². The van der Waals surface area contributed by atoms with Gasteiger partial charge >= 0.3 is 5.97 Å². The number of rotatable bonds is 5. The van der Waals surface area contributed by atoms with Crippen LogP contribution < -0.4 is 5.32 Å². The second-order valence-corrected chi connectivity index (χ2v) is 6.64. The van der Waals surface area contributed by atoms with Gasteiger partial charge in [-0.25, -0.2) is 19.2 Å². The summed E-state index contributed by atoms with van der Waals surface area (Å²) in [5.41, 5.74) is 3.91. The summed E-state index contributed by atoms with van der Waals surface area (Å²) >= 11 is 5.84. The number of carbonyl (C=O) groups is 1. The zero-order valence-corrected chi connectivity index (χ0v) is 16.0. The normalized spacial score (nSPS) is 10.9. The van der Waals surface area contributed by atoms with Gasteiger partial charge in [0.15, 0.2) is 11.5 Å². The van der Waals surface area contributed by atoms with Gasteiger partial charge in [0.1, 0.15) is 5.82 Å². The first-order chi connectivity index (χ1) is 12.9. The number of hydrogen-bond acceptors (Lipinski definition) is 5. The number of ether oxygens (including phenoxy) is 1. The topological polar surface area (TPSA) is 64.1 Å². The van der Waals surface area contributed by atoms with Crippen molar-refractivity contribution < 1.29 is 13.9 Å². The predicted molar refractivity (Wildman–Crippen MR) is 104 cm³/mol. The summed E-state index contributed by atoms with van der Waals surface area (Å²) in [4.78, 5) is 21.5. The van der Waals surface area contributed by atoms with Crippen LogP contribution in [0.15, 0.2) is 30.3 Å². The number of aryl methyl sites for hydroxylation is 2. The highest BCUT2D eigenvalue weighted by Crippen LogP contribution is 2.26. The van der Waals surface area contributed by atoms with Crippen molar-refractivity contribution in [1.29, 1.82) is 0 Å². The number of esters is 1. The van der Waals surface area contributed by atoms with Crippen molar-refractivity contribution in [3.05, 3.63) is 58.0 Å². The van der Waals surface area contributed by atoms with Gasteiger partial charge in [-0.3, -0.25) is 0 Å². The molecule has 0 aliphatic rings. The molecule has 3 aromatic rings. The summed E-state index contributed by atoms with van der Waals surface area (Å²) in [6, 6.07) is 7.95. The molecule has 1 N–H and O–H groups in total. The number of carbonyl (C=O) groups excluding carboxylic acids is 1. The minimum absolute atomic E-state index is 0.0321. The van der Waals surface area contributed by atoms with Crippen LogP contribution in [-0.2, 0) is 4.74 Å². The molecule has 0 saturated heterocycles. The van der Waals surface area contributed by atoms with Crippen LogP contribution in [0.2, 0.25) is 5.02 Å². The third-order valence-corrected chi connectivity index (χ3v) is 4.38. The fraction of sp³-hybridized carbons (Fsp3) is 0.250. The molecule has 0 atom stereocenters. The summed E-state index contributed by atoms with van der Waals surface area (Å²) in [5, 5.41) is 2.97. The molecule has 0 aliphatic heterocycles. The average Bonchev–Trinajstić information content (AvgIpc) is 2.63. The van der Waals surface area contributed by atoms with E-state index in [0.29, 0.717) is 23.1 Å². The highest BCUT2D eigenvalue weighted by Gasteiger charge is 2.19. The van der Waals surface area contributed by atoms with Crippen LogP contribution in [0.5, 0.6) is 0 Å². The van der Waals surface area contributed by atoms with E-state index in [1.807, 2.05) is 32.9 Å². The maximum Gasteiger partial charge on any atom is 0.360 e. The lowest BCUT2D eigenvalue weighted by Gasteiger charge is -2.13. The molecule has 5 nitrogen and oxygen atoms in total. The van der Waals surface area contributed by atoms with E-state index in [9.17, 15) is 9.18 Å². The largest absolute Gasteiger partial charge is 0.461 e. The maximum absolute atomic E-state index is 13.4. The van der Waals surface area contributed by atoms with Crippen LogP contribution in [0.4, 0.5) is 15.9 Å². The zero-order chi connectivity index (χ0) is 19.6. The number of halogens is 2. The Hall–Kier alpha value is -2.73. The summed E-state index contributed by atoms with van der Waals surface area (Å²) in [5.74, 6) is -0.866. The number of aromatic nitrogens is 2. The fourth-order valence-corrected chi connectivity index (χ4v) is 2.70. The quantitative estimate of drug-likeness (QED) is 0.598. The van der Waals surface area contributed by atoms with Crippen LogP contribution in [-0.4, -0.2) is 22.5 Å². The van der Waals surface area contributed by atoms with Gasteiger partial charge in [-0.15, -0.1) is 0 Å². The van der Waals surface area contributed by atoms with Crippen molar-refractivity contribution in [2.24, 2.45) is 0 Å². The molecule has 0 unspecified atom stereocenters. The molecule has 0 fully saturated rings. The molecule has 0 amide bonds. The molecule has 2 aromatic carbocycles. The van der Waals surface area contributed by atoms with Crippen molar-refractivity contribution in [3.8, 4) is 0 Å². The molecule has 0 bridgehead atoms. The van der Waals surface area contributed by atoms with Crippen LogP contribution in [0.3, 0.4) is 0 Å². The lowest BCUT2D eigenvalue weighted by atomic mass is 10.1. The van der Waals surface area contributed by atoms with Crippen molar-refractivity contribution in [2.75, 3.05) is 11.9 Å². The number of fused-ring (bicyclic) bond motifs is 1. The Kier molecular flexibility index (Phi) is 5.56. The van der Waals surface area contributed by atoms with E-state index in [1.54, 1.807) is 0 Å². The minimum atomic E-state index is -0.569. The van der Waals surface area contributed by atoms with E-state index < -0.39 is 11.8 Å². The summed E-state index contributed by atoms with van der Waals surface area (Å²) in [7, 11) is 0. The van der Waals surface area contributed by atoms with E-state index in [1.165, 1.54) is 18.2 Å². The van der Waals surface area contributed by atoms with E-state index >= 15 is 0 Å². The third kappa shape index (κ3) is 4.17. The van der Waals surface area contributed by atoms with Gasteiger partial charge in [-0.1, -0.05) is 18.5 Å². The summed E-state index contributed by atoms with van der Waals surface area (Å²) in [6.07, 6.45) is 0.696. The van der Waals surface area contributed by atoms with Gasteiger partial charge < -0.3 is 10.1 Å². The summed E-state index contributed by atoms with van der Waals surface area (Å²) in [6.45, 7) is 6.14. The lowest BCUT2D eigenvalue weighted by molar-refractivity contribution is 0.0499. The SMILES string of the molecule is CCCOC(=O)c1nc2cc(C)c(C)cc2nc1Nc1ccc(F)c(Cl)c1. The van der Waals surface area contributed by atoms with Crippen LogP contribution in [0, 0.1) is 19.7 Å². The molecular weight excluding hydrogens is 369 g/mol. The standard InChI is InChI=1S/C20H19ClFN3O2/c1-4-7-27-20(26)18-19(23-13-5-6-15(22)14(21)10-13)25-17-9-12(3)11(2)8-16(17)24-18/h5-6,8-10H,4,7H2,1-3H3,(H,23,25). The molecule has 0 saturated carbocycles. The first-order valence-electron chi connectivity index (χ1n) is 8.57. The monoisotopic (exact) mass is 387 g/mol. The van der Waals surface area contributed by atoms with Gasteiger partial charge in [0.25, 0.3) is 0 Å². The van der Waals surface area contributed by atoms with Crippen molar-refractivity contribution in [1.82, 2.24) is 9.97 Å². The second-order valence-electron chi connectivity index (χ2n) is 6.24. The van der Waals surface area contributed by atoms with E-state index in [4.69, 9.17) is 16.3 Å². The molecule has 1 heterocycles. The van der Waals surface area contributed by atoms with E-state index in [-0.39, 0.29) is 23.1 Å². The van der Waals surface area contributed by atoms with Gasteiger partial charge in [0.2, 0.25) is 0 Å². The van der Waals surface area contributed by atoms with Crippen molar-refractivity contribution >= 4 is 40.1 Å². The van der Waals surface area contributed by atoms with Crippen LogP contribution >= 0.6 is 11.6 Å². The molecule has 3 rings (SSSR count). The molecule has 7 heteroatoms. The Bertz CT molecular complexity index is 1020. The molecule has 0 radical (unpaired) electrons. The fourth-order valence-electron chi connectivity index (χ4n) is 2.51. The molecule has 140 valence electrons. The van der Waals surface area contributed by atoms with Crippen molar-refractivity contribution in [3.63, 3.8) is 0 Å². The Balaban J connectivity index is 2.10. The first-order valence-corrected chi connectivity index (χ1v) is 8.95. The Morgan fingerprint density at radius 1 is 1.15 bits per heavy atom. The Morgan fingerprint density at radius 3 is 2.44 bits per heavy atom. The number of anilines is 2. The lowest BCUT2D eigenvalue weighted by Crippen LogP contribution is -2.13. The molecule has 1 aromatic heterocycles. The van der Waals surface area contributed by atoms with Crippen LogP contribution in [0.1, 0.15) is 35.0 Å². The number of nitrogens with zero attached hydrogens (tertiary/aromatic N) is 2. The number of hydrogen-bond donors (Lipinski definition) is 1. The average molecular weight is 388 g/mol. The van der Waals surface area contributed by atoms with Gasteiger partial charge in [0, 0.05) is 5.69 Å². The third-order valence-electron chi connectivity index (χ3n) is 4.09. The van der Waals surface area contributed by atoms with Gasteiger partial charge in [-0.2, -0.15) is 0 Å². The van der Waals surface area contributed by atoms with E-state index in [2.05, 4.69) is 15.3 Å². The Labute approximate surface area is 161 Å². The Morgan fingerprint density at radius 2 is 1.81 bits per heavy atom. The summed E-state index contributed by atoms with van der Waals surface area (Å²) < 4.78 is 18.6. The highest BCUT2D eigenvalue weighted by molar-refractivity contribution is 6.31. The molecule has 0 spiro atoms. The highest BCUT2D eigenvalue weighted by atomic mass is 35.5. The first kappa shape index (κ1) is 19.0. The molecule has 27 heavy (non-hydrogen) atoms. The van der Waals surface area contributed by atoms with Crippen LogP contribution in [0.25, 0.3) is 11.0 Å².